The van der Waals surface area contributed by atoms with Crippen molar-refractivity contribution in [2.75, 3.05) is 13.7 Å². The van der Waals surface area contributed by atoms with Gasteiger partial charge in [-0.3, -0.25) is 9.78 Å². The number of likely N-dealkylation sites (tertiary alicyclic amines) is 1. The van der Waals surface area contributed by atoms with Crippen molar-refractivity contribution in [3.05, 3.63) is 59.9 Å². The van der Waals surface area contributed by atoms with E-state index in [1.807, 2.05) is 48.8 Å². The maximum Gasteiger partial charge on any atom is 0.227 e. The van der Waals surface area contributed by atoms with Crippen molar-refractivity contribution in [3.63, 3.8) is 0 Å². The second-order valence-corrected chi connectivity index (χ2v) is 6.26. The summed E-state index contributed by atoms with van der Waals surface area (Å²) in [7, 11) is 1.65. The van der Waals surface area contributed by atoms with Crippen LogP contribution < -0.4 is 4.74 Å². The Kier molecular flexibility index (Phi) is 5.47. The van der Waals surface area contributed by atoms with Gasteiger partial charge in [0.25, 0.3) is 0 Å². The molecule has 0 aliphatic carbocycles. The Bertz CT molecular complexity index is 655. The SMILES string of the molecule is COc1ccc(CC(=O)N2CCCCC[C@H]2c2ccncc2)cc1. The summed E-state index contributed by atoms with van der Waals surface area (Å²) < 4.78 is 5.18. The number of aromatic nitrogens is 1. The zero-order chi connectivity index (χ0) is 16.8. The molecule has 1 aromatic carbocycles. The Balaban J connectivity index is 1.76. The number of hydrogen-bond acceptors (Lipinski definition) is 3. The van der Waals surface area contributed by atoms with E-state index < -0.39 is 0 Å². The van der Waals surface area contributed by atoms with Crippen molar-refractivity contribution in [2.45, 2.75) is 38.1 Å². The molecule has 126 valence electrons. The summed E-state index contributed by atoms with van der Waals surface area (Å²) in [5.41, 5.74) is 2.22. The molecule has 24 heavy (non-hydrogen) atoms. The van der Waals surface area contributed by atoms with E-state index in [9.17, 15) is 4.79 Å². The maximum absolute atomic E-state index is 12.9. The average molecular weight is 324 g/mol. The third-order valence-electron chi connectivity index (χ3n) is 4.68. The first-order valence-corrected chi connectivity index (χ1v) is 8.60. The van der Waals surface area contributed by atoms with E-state index in [1.54, 1.807) is 7.11 Å². The molecule has 0 bridgehead atoms. The van der Waals surface area contributed by atoms with Gasteiger partial charge in [0.05, 0.1) is 19.6 Å². The molecule has 1 fully saturated rings. The van der Waals surface area contributed by atoms with E-state index in [0.717, 1.165) is 30.7 Å². The fourth-order valence-electron chi connectivity index (χ4n) is 3.36. The van der Waals surface area contributed by atoms with E-state index in [1.165, 1.54) is 18.4 Å². The van der Waals surface area contributed by atoms with Crippen LogP contribution in [0.15, 0.2) is 48.8 Å². The van der Waals surface area contributed by atoms with Crippen molar-refractivity contribution in [1.29, 1.82) is 0 Å². The molecule has 4 heteroatoms. The van der Waals surface area contributed by atoms with Gasteiger partial charge in [0.1, 0.15) is 5.75 Å². The molecule has 1 aromatic heterocycles. The smallest absolute Gasteiger partial charge is 0.227 e. The van der Waals surface area contributed by atoms with Crippen molar-refractivity contribution in [3.8, 4) is 5.75 Å². The molecular weight excluding hydrogens is 300 g/mol. The predicted octanol–water partition coefficient (Wildman–Crippen LogP) is 3.78. The number of benzene rings is 1. The summed E-state index contributed by atoms with van der Waals surface area (Å²) in [6.07, 6.45) is 8.52. The topological polar surface area (TPSA) is 42.4 Å². The Morgan fingerprint density at radius 1 is 1.12 bits per heavy atom. The third kappa shape index (κ3) is 3.94. The van der Waals surface area contributed by atoms with Gasteiger partial charge >= 0.3 is 0 Å². The summed E-state index contributed by atoms with van der Waals surface area (Å²) in [5, 5.41) is 0. The zero-order valence-electron chi connectivity index (χ0n) is 14.1. The lowest BCUT2D eigenvalue weighted by atomic mass is 10.0. The lowest BCUT2D eigenvalue weighted by Crippen LogP contribution is -2.35. The van der Waals surface area contributed by atoms with E-state index >= 15 is 0 Å². The largest absolute Gasteiger partial charge is 0.497 e. The number of carbonyl (C=O) groups is 1. The monoisotopic (exact) mass is 324 g/mol. The first-order valence-electron chi connectivity index (χ1n) is 8.60. The van der Waals surface area contributed by atoms with E-state index in [2.05, 4.69) is 9.88 Å². The second kappa shape index (κ2) is 7.95. The van der Waals surface area contributed by atoms with Gasteiger partial charge in [-0.05, 0) is 48.2 Å². The maximum atomic E-state index is 12.9. The third-order valence-corrected chi connectivity index (χ3v) is 4.68. The molecule has 4 nitrogen and oxygen atoms in total. The number of hydrogen-bond donors (Lipinski definition) is 0. The highest BCUT2D eigenvalue weighted by atomic mass is 16.5. The zero-order valence-corrected chi connectivity index (χ0v) is 14.1. The molecule has 0 unspecified atom stereocenters. The van der Waals surface area contributed by atoms with Crippen LogP contribution in [0.1, 0.15) is 42.9 Å². The van der Waals surface area contributed by atoms with Crippen LogP contribution in [-0.4, -0.2) is 29.4 Å². The Hall–Kier alpha value is -2.36. The quantitative estimate of drug-likeness (QED) is 0.859. The van der Waals surface area contributed by atoms with Gasteiger partial charge in [-0.1, -0.05) is 25.0 Å². The molecule has 1 aliphatic heterocycles. The standard InChI is InChI=1S/C20H24N2O2/c1-24-18-8-6-16(7-9-18)15-20(23)22-14-4-2-3-5-19(22)17-10-12-21-13-11-17/h6-13,19H,2-5,14-15H2,1H3/t19-/m0/s1. The first-order chi connectivity index (χ1) is 11.8. The van der Waals surface area contributed by atoms with Crippen LogP contribution in [0.2, 0.25) is 0 Å². The van der Waals surface area contributed by atoms with Gasteiger partial charge in [-0.25, -0.2) is 0 Å². The number of rotatable bonds is 4. The molecule has 1 atom stereocenters. The summed E-state index contributed by atoms with van der Waals surface area (Å²) >= 11 is 0. The lowest BCUT2D eigenvalue weighted by molar-refractivity contribution is -0.132. The van der Waals surface area contributed by atoms with E-state index in [0.29, 0.717) is 6.42 Å². The van der Waals surface area contributed by atoms with Crippen LogP contribution in [0.4, 0.5) is 0 Å². The number of pyridine rings is 1. The molecule has 3 rings (SSSR count). The van der Waals surface area contributed by atoms with Gasteiger partial charge in [0.15, 0.2) is 0 Å². The molecule has 0 spiro atoms. The highest BCUT2D eigenvalue weighted by Gasteiger charge is 2.26. The van der Waals surface area contributed by atoms with Gasteiger partial charge in [-0.2, -0.15) is 0 Å². The van der Waals surface area contributed by atoms with Crippen LogP contribution in [-0.2, 0) is 11.2 Å². The minimum atomic E-state index is 0.168. The molecule has 0 saturated carbocycles. The number of amides is 1. The van der Waals surface area contributed by atoms with Gasteiger partial charge < -0.3 is 9.64 Å². The molecule has 1 saturated heterocycles. The normalized spacial score (nSPS) is 18.0. The second-order valence-electron chi connectivity index (χ2n) is 6.26. The highest BCUT2D eigenvalue weighted by molar-refractivity contribution is 5.79. The first kappa shape index (κ1) is 16.5. The van der Waals surface area contributed by atoms with Crippen molar-refractivity contribution in [1.82, 2.24) is 9.88 Å². The Labute approximate surface area is 143 Å². The van der Waals surface area contributed by atoms with Crippen LogP contribution >= 0.6 is 0 Å². The summed E-state index contributed by atoms with van der Waals surface area (Å²) in [6, 6.07) is 12.0. The van der Waals surface area contributed by atoms with Crippen LogP contribution in [0.25, 0.3) is 0 Å². The molecular formula is C20H24N2O2. The lowest BCUT2D eigenvalue weighted by Gasteiger charge is -2.30. The predicted molar refractivity (Wildman–Crippen MR) is 93.9 cm³/mol. The highest BCUT2D eigenvalue weighted by Crippen LogP contribution is 2.30. The number of methoxy groups -OCH3 is 1. The minimum absolute atomic E-state index is 0.168. The van der Waals surface area contributed by atoms with E-state index in [-0.39, 0.29) is 11.9 Å². The van der Waals surface area contributed by atoms with Crippen molar-refractivity contribution < 1.29 is 9.53 Å². The summed E-state index contributed by atoms with van der Waals surface area (Å²) in [5.74, 6) is 1.01. The summed E-state index contributed by atoms with van der Waals surface area (Å²) in [4.78, 5) is 19.1. The minimum Gasteiger partial charge on any atom is -0.497 e. The van der Waals surface area contributed by atoms with Gasteiger partial charge in [0.2, 0.25) is 5.91 Å². The van der Waals surface area contributed by atoms with Gasteiger partial charge in [0, 0.05) is 18.9 Å². The van der Waals surface area contributed by atoms with Crippen molar-refractivity contribution in [2.24, 2.45) is 0 Å². The average Bonchev–Trinajstić information content (AvgIpc) is 2.89. The number of nitrogens with zero attached hydrogens (tertiary/aromatic N) is 2. The van der Waals surface area contributed by atoms with Crippen LogP contribution in [0.3, 0.4) is 0 Å². The molecule has 1 amide bonds. The fourth-order valence-corrected chi connectivity index (χ4v) is 3.36. The van der Waals surface area contributed by atoms with Crippen molar-refractivity contribution >= 4 is 5.91 Å². The number of carbonyl (C=O) groups excluding carboxylic acids is 1. The van der Waals surface area contributed by atoms with E-state index in [4.69, 9.17) is 4.74 Å². The van der Waals surface area contributed by atoms with Crippen LogP contribution in [0.5, 0.6) is 5.75 Å². The number of ether oxygens (including phenoxy) is 1. The molecule has 2 heterocycles. The van der Waals surface area contributed by atoms with Crippen LogP contribution in [0, 0.1) is 0 Å². The molecule has 1 aliphatic rings. The Morgan fingerprint density at radius 3 is 2.58 bits per heavy atom. The van der Waals surface area contributed by atoms with Gasteiger partial charge in [-0.15, -0.1) is 0 Å². The summed E-state index contributed by atoms with van der Waals surface area (Å²) in [6.45, 7) is 0.835. The Morgan fingerprint density at radius 2 is 1.88 bits per heavy atom. The molecule has 0 radical (unpaired) electrons. The molecule has 2 aromatic rings. The fraction of sp³-hybridized carbons (Fsp3) is 0.400. The molecule has 0 N–H and O–H groups in total.